The third-order valence-electron chi connectivity index (χ3n) is 0.492. The molecule has 0 radical (unpaired) electrons. The topological polar surface area (TPSA) is 55.3 Å². The van der Waals surface area contributed by atoms with Gasteiger partial charge in [-0.05, 0) is 0 Å². The van der Waals surface area contributed by atoms with Crippen LogP contribution in [0.5, 0.6) is 0 Å². The molecule has 0 spiro atoms. The third kappa shape index (κ3) is 18.5. The smallest absolute Gasteiger partial charge is 0.839 e. The van der Waals surface area contributed by atoms with E-state index in [9.17, 15) is 9.59 Å². The van der Waals surface area contributed by atoms with Gasteiger partial charge in [-0.1, -0.05) is 26.2 Å². The van der Waals surface area contributed by atoms with E-state index in [1.165, 1.54) is 26.2 Å². The van der Waals surface area contributed by atoms with Crippen LogP contribution in [-0.4, -0.2) is 17.1 Å². The van der Waals surface area contributed by atoms with Gasteiger partial charge in [-0.25, -0.2) is 0 Å². The quantitative estimate of drug-likeness (QED) is 0.395. The molecule has 11 heavy (non-hydrogen) atoms. The van der Waals surface area contributed by atoms with Gasteiger partial charge in [0.15, 0.2) is 0 Å². The van der Waals surface area contributed by atoms with Crippen LogP contribution in [0.4, 0.5) is 0 Å². The molecule has 0 amide bonds. The van der Waals surface area contributed by atoms with E-state index in [4.69, 9.17) is 4.12 Å². The fourth-order valence-electron chi connectivity index (χ4n) is 0.592. The molecule has 0 N–H and O–H groups in total. The van der Waals surface area contributed by atoms with Crippen molar-refractivity contribution in [3.8, 4) is 0 Å². The molecule has 0 aliphatic rings. The maximum Gasteiger partial charge on any atom is 1.00 e. The van der Waals surface area contributed by atoms with E-state index in [1.54, 1.807) is 0 Å². The first-order valence-corrected chi connectivity index (χ1v) is 8.45. The van der Waals surface area contributed by atoms with Gasteiger partial charge < -0.3 is 13.7 Å². The van der Waals surface area contributed by atoms with Crippen LogP contribution >= 0.6 is 0 Å². The Morgan fingerprint density at radius 1 is 0.818 bits per heavy atom. The SMILES string of the molecule is C[Si](C)([O-])O[Si](C)(C)[O-].[Li+].[Li+]. The van der Waals surface area contributed by atoms with Crippen molar-refractivity contribution in [3.05, 3.63) is 0 Å². The van der Waals surface area contributed by atoms with Gasteiger partial charge in [0.1, 0.15) is 0 Å². The summed E-state index contributed by atoms with van der Waals surface area (Å²) < 4.78 is 4.79. The van der Waals surface area contributed by atoms with E-state index in [-0.39, 0.29) is 37.7 Å². The Hall–Kier alpha value is 1.51. The Labute approximate surface area is 94.4 Å². The zero-order valence-corrected chi connectivity index (χ0v) is 10.2. The fourth-order valence-corrected chi connectivity index (χ4v) is 5.33. The molecule has 0 aliphatic carbocycles. The molecule has 0 aromatic heterocycles. The Bertz CT molecular complexity index is 86.5. The van der Waals surface area contributed by atoms with Crippen molar-refractivity contribution in [3.63, 3.8) is 0 Å². The first kappa shape index (κ1) is 18.3. The molecular formula is C4H12Li2O3Si2. The molecule has 0 rings (SSSR count). The normalized spacial score (nSPS) is 11.5. The number of hydrogen-bond donors (Lipinski definition) is 0. The van der Waals surface area contributed by atoms with E-state index in [0.29, 0.717) is 0 Å². The van der Waals surface area contributed by atoms with Crippen molar-refractivity contribution >= 4 is 17.1 Å². The zero-order valence-electron chi connectivity index (χ0n) is 8.22. The standard InChI is InChI=1S/C4H12O3Si2.2Li/c1-8(2,5)7-9(3,4)6;;/h1-4H3;;/q-2;2*+1. The number of hydrogen-bond acceptors (Lipinski definition) is 3. The summed E-state index contributed by atoms with van der Waals surface area (Å²) >= 11 is 0. The summed E-state index contributed by atoms with van der Waals surface area (Å²) in [5.41, 5.74) is 0. The van der Waals surface area contributed by atoms with Crippen LogP contribution < -0.4 is 47.3 Å². The van der Waals surface area contributed by atoms with Crippen LogP contribution in [0, 0.1) is 0 Å². The molecule has 0 atom stereocenters. The van der Waals surface area contributed by atoms with Gasteiger partial charge in [0, 0.05) is 0 Å². The van der Waals surface area contributed by atoms with Crippen molar-refractivity contribution in [2.24, 2.45) is 0 Å². The van der Waals surface area contributed by atoms with Crippen LogP contribution in [0.1, 0.15) is 0 Å². The molecule has 0 aromatic carbocycles. The summed E-state index contributed by atoms with van der Waals surface area (Å²) in [6.07, 6.45) is 0. The molecule has 0 fully saturated rings. The van der Waals surface area contributed by atoms with Gasteiger partial charge in [-0.3, -0.25) is 0 Å². The van der Waals surface area contributed by atoms with Crippen molar-refractivity contribution in [1.29, 1.82) is 0 Å². The molecule has 0 aliphatic heterocycles. The molecule has 0 saturated carbocycles. The molecule has 7 heteroatoms. The van der Waals surface area contributed by atoms with Gasteiger partial charge in [0.2, 0.25) is 0 Å². The first-order chi connectivity index (χ1) is 3.71. The largest absolute Gasteiger partial charge is 1.00 e. The Kier molecular flexibility index (Phi) is 10.1. The van der Waals surface area contributed by atoms with Crippen molar-refractivity contribution < 1.29 is 51.4 Å². The molecule has 0 heterocycles. The van der Waals surface area contributed by atoms with E-state index in [1.807, 2.05) is 0 Å². The van der Waals surface area contributed by atoms with Crippen molar-refractivity contribution in [2.75, 3.05) is 0 Å². The van der Waals surface area contributed by atoms with Gasteiger partial charge >= 0.3 is 37.7 Å². The fraction of sp³-hybridized carbons (Fsp3) is 1.00. The summed E-state index contributed by atoms with van der Waals surface area (Å²) in [5, 5.41) is 0. The molecule has 0 saturated heterocycles. The second-order valence-corrected chi connectivity index (χ2v) is 9.32. The monoisotopic (exact) mass is 178 g/mol. The second-order valence-electron chi connectivity index (χ2n) is 2.90. The molecule has 56 valence electrons. The minimum atomic E-state index is -2.79. The summed E-state index contributed by atoms with van der Waals surface area (Å²) in [6.45, 7) is 5.94. The minimum Gasteiger partial charge on any atom is -0.839 e. The average molecular weight is 178 g/mol. The molecule has 0 unspecified atom stereocenters. The summed E-state index contributed by atoms with van der Waals surface area (Å²) in [4.78, 5) is 21.7. The van der Waals surface area contributed by atoms with Crippen LogP contribution in [0.2, 0.25) is 26.2 Å². The molecule has 3 nitrogen and oxygen atoms in total. The Morgan fingerprint density at radius 2 is 1.00 bits per heavy atom. The second kappa shape index (κ2) is 6.04. The Balaban J connectivity index is -0.000000320. The van der Waals surface area contributed by atoms with Gasteiger partial charge in [0.05, 0.1) is 17.1 Å². The maximum atomic E-state index is 10.9. The minimum absolute atomic E-state index is 0. The number of rotatable bonds is 2. The third-order valence-corrected chi connectivity index (χ3v) is 4.42. The predicted octanol–water partition coefficient (Wildman–Crippen LogP) is -6.86. The van der Waals surface area contributed by atoms with E-state index in [2.05, 4.69) is 0 Å². The predicted molar refractivity (Wildman–Crippen MR) is 36.0 cm³/mol. The van der Waals surface area contributed by atoms with Crippen molar-refractivity contribution in [2.45, 2.75) is 26.2 Å². The van der Waals surface area contributed by atoms with E-state index in [0.717, 1.165) is 0 Å². The van der Waals surface area contributed by atoms with E-state index >= 15 is 0 Å². The molecule has 0 bridgehead atoms. The summed E-state index contributed by atoms with van der Waals surface area (Å²) in [7, 11) is -5.59. The van der Waals surface area contributed by atoms with Crippen molar-refractivity contribution in [1.82, 2.24) is 0 Å². The molecule has 0 aromatic rings. The van der Waals surface area contributed by atoms with E-state index < -0.39 is 17.1 Å². The first-order valence-electron chi connectivity index (χ1n) is 2.82. The summed E-state index contributed by atoms with van der Waals surface area (Å²) in [6, 6.07) is 0. The molecular weight excluding hydrogens is 166 g/mol. The Morgan fingerprint density at radius 3 is 1.00 bits per heavy atom. The van der Waals surface area contributed by atoms with Crippen LogP contribution in [0.15, 0.2) is 0 Å². The maximum absolute atomic E-state index is 10.9. The average Bonchev–Trinajstić information content (AvgIpc) is 1.14. The van der Waals surface area contributed by atoms with Crippen LogP contribution in [-0.2, 0) is 4.12 Å². The summed E-state index contributed by atoms with van der Waals surface area (Å²) in [5.74, 6) is 0. The van der Waals surface area contributed by atoms with Crippen LogP contribution in [0.3, 0.4) is 0 Å². The van der Waals surface area contributed by atoms with Gasteiger partial charge in [-0.15, -0.1) is 0 Å². The zero-order chi connectivity index (χ0) is 7.71. The van der Waals surface area contributed by atoms with Gasteiger partial charge in [-0.2, -0.15) is 0 Å². The van der Waals surface area contributed by atoms with Gasteiger partial charge in [0.25, 0.3) is 0 Å². The van der Waals surface area contributed by atoms with Crippen LogP contribution in [0.25, 0.3) is 0 Å².